The van der Waals surface area contributed by atoms with Gasteiger partial charge in [-0.05, 0) is 31.0 Å². The maximum absolute atomic E-state index is 14.0. The second-order valence-corrected chi connectivity index (χ2v) is 10.4. The van der Waals surface area contributed by atoms with Crippen molar-refractivity contribution in [2.45, 2.75) is 81.0 Å². The number of fused-ring (bicyclic) bond motifs is 1. The molecule has 1 heterocycles. The number of amides is 1. The van der Waals surface area contributed by atoms with Gasteiger partial charge in [-0.15, -0.1) is 24.2 Å². The number of hydrogen-bond donors (Lipinski definition) is 2. The minimum Gasteiger partial charge on any atom is -0.480 e. The summed E-state index contributed by atoms with van der Waals surface area (Å²) in [5, 5.41) is 12.6. The van der Waals surface area contributed by atoms with Crippen molar-refractivity contribution < 1.29 is 24.2 Å². The molecule has 0 spiro atoms. The summed E-state index contributed by atoms with van der Waals surface area (Å²) >= 11 is 1.51. The number of carbonyl (C=O) groups excluding carboxylic acids is 2. The number of aliphatic carboxylic acids is 1. The lowest BCUT2D eigenvalue weighted by Gasteiger charge is -2.31. The molecule has 0 aromatic heterocycles. The number of thioether (sulfide) groups is 1. The van der Waals surface area contributed by atoms with E-state index in [0.29, 0.717) is 12.1 Å². The molecule has 2 N–H and O–H groups in total. The molecular formula is C29H39ClN2O5S. The van der Waals surface area contributed by atoms with Crippen LogP contribution in [0.4, 0.5) is 5.69 Å². The van der Waals surface area contributed by atoms with E-state index in [0.717, 1.165) is 29.7 Å². The molecule has 2 aromatic carbocycles. The normalized spacial score (nSPS) is 17.6. The standard InChI is InChI=1S/C29H38N2O5S.ClH/c1-3-5-6-7-8-12-17-22(29(35)36-4-2)30-26-27(21-15-10-9-11-16-21)37-24-19-14-13-18-23(24)31(28(26)34)20-25(32)33;/h9-11,13-16,18-19,22,26-27,30H,3-8,12,17,20H2,1-2H3,(H,32,33);1H. The monoisotopic (exact) mass is 562 g/mol. The minimum absolute atomic E-state index is 0. The van der Waals surface area contributed by atoms with Crippen LogP contribution in [0, 0.1) is 0 Å². The van der Waals surface area contributed by atoms with E-state index in [1.54, 1.807) is 19.1 Å². The Kier molecular flexibility index (Phi) is 13.7. The van der Waals surface area contributed by atoms with E-state index >= 15 is 0 Å². The van der Waals surface area contributed by atoms with Gasteiger partial charge in [-0.1, -0.05) is 87.9 Å². The third kappa shape index (κ3) is 8.75. The van der Waals surface area contributed by atoms with Gasteiger partial charge >= 0.3 is 11.9 Å². The van der Waals surface area contributed by atoms with Crippen LogP contribution in [0.15, 0.2) is 59.5 Å². The average Bonchev–Trinajstić information content (AvgIpc) is 3.00. The predicted octanol–water partition coefficient (Wildman–Crippen LogP) is 6.01. The number of nitrogens with one attached hydrogen (secondary N) is 1. The highest BCUT2D eigenvalue weighted by Crippen LogP contribution is 2.45. The van der Waals surface area contributed by atoms with Crippen molar-refractivity contribution in [1.29, 1.82) is 0 Å². The molecule has 38 heavy (non-hydrogen) atoms. The van der Waals surface area contributed by atoms with Crippen LogP contribution >= 0.6 is 24.2 Å². The van der Waals surface area contributed by atoms with Gasteiger partial charge in [0.15, 0.2) is 0 Å². The quantitative estimate of drug-likeness (QED) is 0.215. The van der Waals surface area contributed by atoms with Crippen molar-refractivity contribution in [3.8, 4) is 0 Å². The van der Waals surface area contributed by atoms with Gasteiger partial charge in [0.05, 0.1) is 17.5 Å². The van der Waals surface area contributed by atoms with Crippen molar-refractivity contribution in [2.75, 3.05) is 18.1 Å². The van der Waals surface area contributed by atoms with Crippen molar-refractivity contribution in [2.24, 2.45) is 0 Å². The highest BCUT2D eigenvalue weighted by Gasteiger charge is 2.41. The summed E-state index contributed by atoms with van der Waals surface area (Å²) in [6.07, 6.45) is 7.04. The van der Waals surface area contributed by atoms with Gasteiger partial charge in [0.25, 0.3) is 0 Å². The van der Waals surface area contributed by atoms with Gasteiger partial charge in [0, 0.05) is 4.90 Å². The van der Waals surface area contributed by atoms with Crippen LogP contribution in [0.2, 0.25) is 0 Å². The zero-order chi connectivity index (χ0) is 26.6. The number of carbonyl (C=O) groups is 3. The number of ether oxygens (including phenoxy) is 1. The molecule has 0 radical (unpaired) electrons. The Balaban J connectivity index is 0.00000507. The number of anilines is 1. The van der Waals surface area contributed by atoms with Gasteiger partial charge in [0.1, 0.15) is 18.6 Å². The van der Waals surface area contributed by atoms with E-state index in [2.05, 4.69) is 12.2 Å². The SMILES string of the molecule is CCCCCCCCC(NC1C(=O)N(CC(=O)O)c2ccccc2SC1c1ccccc1)C(=O)OCC.Cl. The maximum atomic E-state index is 14.0. The molecule has 1 amide bonds. The number of nitrogens with zero attached hydrogens (tertiary/aromatic N) is 1. The highest BCUT2D eigenvalue weighted by molar-refractivity contribution is 7.99. The average molecular weight is 563 g/mol. The molecule has 7 nitrogen and oxygen atoms in total. The van der Waals surface area contributed by atoms with Crippen LogP contribution in [0.25, 0.3) is 0 Å². The molecule has 0 saturated carbocycles. The molecule has 1 aliphatic rings. The lowest BCUT2D eigenvalue weighted by molar-refractivity contribution is -0.146. The Morgan fingerprint density at radius 1 is 1.00 bits per heavy atom. The maximum Gasteiger partial charge on any atom is 0.323 e. The Hall–Kier alpha value is -2.55. The fourth-order valence-electron chi connectivity index (χ4n) is 4.62. The summed E-state index contributed by atoms with van der Waals surface area (Å²) in [4.78, 5) is 40.9. The van der Waals surface area contributed by atoms with Crippen molar-refractivity contribution in [3.63, 3.8) is 0 Å². The van der Waals surface area contributed by atoms with Gasteiger partial charge in [-0.3, -0.25) is 24.6 Å². The number of esters is 1. The van der Waals surface area contributed by atoms with E-state index in [1.807, 2.05) is 42.5 Å². The Morgan fingerprint density at radius 3 is 2.34 bits per heavy atom. The first-order valence-electron chi connectivity index (χ1n) is 13.2. The number of rotatable bonds is 14. The molecule has 2 aromatic rings. The number of halogens is 1. The van der Waals surface area contributed by atoms with Crippen molar-refractivity contribution >= 4 is 47.7 Å². The Labute approximate surface area is 236 Å². The lowest BCUT2D eigenvalue weighted by Crippen LogP contribution is -2.54. The zero-order valence-corrected chi connectivity index (χ0v) is 23.8. The lowest BCUT2D eigenvalue weighted by atomic mass is 10.0. The number of carboxylic acid groups (broad SMARTS) is 1. The summed E-state index contributed by atoms with van der Waals surface area (Å²) in [5.41, 5.74) is 1.49. The number of para-hydroxylation sites is 1. The fraction of sp³-hybridized carbons (Fsp3) is 0.483. The topological polar surface area (TPSA) is 95.9 Å². The second kappa shape index (κ2) is 16.4. The molecule has 0 fully saturated rings. The van der Waals surface area contributed by atoms with E-state index in [-0.39, 0.29) is 36.1 Å². The molecule has 0 bridgehead atoms. The summed E-state index contributed by atoms with van der Waals surface area (Å²) in [5.74, 6) is -1.85. The van der Waals surface area contributed by atoms with E-state index in [4.69, 9.17) is 4.74 Å². The first-order chi connectivity index (χ1) is 18.0. The van der Waals surface area contributed by atoms with Crippen LogP contribution in [-0.2, 0) is 19.1 Å². The molecule has 1 aliphatic heterocycles. The van der Waals surface area contributed by atoms with E-state index in [1.165, 1.54) is 35.9 Å². The summed E-state index contributed by atoms with van der Waals surface area (Å²) in [6.45, 7) is 3.74. The molecular weight excluding hydrogens is 524 g/mol. The highest BCUT2D eigenvalue weighted by atomic mass is 35.5. The fourth-order valence-corrected chi connectivity index (χ4v) is 5.97. The first kappa shape index (κ1) is 31.7. The first-order valence-corrected chi connectivity index (χ1v) is 14.1. The Bertz CT molecular complexity index is 1040. The minimum atomic E-state index is -1.10. The van der Waals surface area contributed by atoms with Crippen LogP contribution < -0.4 is 10.2 Å². The summed E-state index contributed by atoms with van der Waals surface area (Å²) in [7, 11) is 0. The van der Waals surface area contributed by atoms with Gasteiger partial charge in [-0.2, -0.15) is 0 Å². The summed E-state index contributed by atoms with van der Waals surface area (Å²) < 4.78 is 5.37. The van der Waals surface area contributed by atoms with Crippen LogP contribution in [0.3, 0.4) is 0 Å². The van der Waals surface area contributed by atoms with Crippen LogP contribution in [0.1, 0.15) is 69.6 Å². The van der Waals surface area contributed by atoms with Crippen LogP contribution in [-0.4, -0.2) is 48.2 Å². The number of unbranched alkanes of at least 4 members (excludes halogenated alkanes) is 5. The molecule has 0 aliphatic carbocycles. The van der Waals surface area contributed by atoms with E-state index < -0.39 is 24.6 Å². The van der Waals surface area contributed by atoms with Crippen LogP contribution in [0.5, 0.6) is 0 Å². The van der Waals surface area contributed by atoms with Crippen molar-refractivity contribution in [1.82, 2.24) is 5.32 Å². The third-order valence-corrected chi connectivity index (χ3v) is 7.86. The number of benzene rings is 2. The van der Waals surface area contributed by atoms with Gasteiger partial charge < -0.3 is 9.84 Å². The number of carboxylic acids is 1. The summed E-state index contributed by atoms with van der Waals surface area (Å²) in [6, 6.07) is 15.5. The van der Waals surface area contributed by atoms with Gasteiger partial charge in [-0.25, -0.2) is 0 Å². The Morgan fingerprint density at radius 2 is 1.66 bits per heavy atom. The van der Waals surface area contributed by atoms with E-state index in [9.17, 15) is 19.5 Å². The third-order valence-electron chi connectivity index (χ3n) is 6.46. The molecule has 9 heteroatoms. The number of hydrogen-bond acceptors (Lipinski definition) is 6. The smallest absolute Gasteiger partial charge is 0.323 e. The second-order valence-electron chi connectivity index (χ2n) is 9.24. The molecule has 3 atom stereocenters. The van der Waals surface area contributed by atoms with Crippen molar-refractivity contribution in [3.05, 3.63) is 60.2 Å². The van der Waals surface area contributed by atoms with Gasteiger partial charge in [0.2, 0.25) is 5.91 Å². The molecule has 3 rings (SSSR count). The zero-order valence-electron chi connectivity index (χ0n) is 22.1. The molecule has 0 saturated heterocycles. The molecule has 208 valence electrons. The molecule has 3 unspecified atom stereocenters. The largest absolute Gasteiger partial charge is 0.480 e. The predicted molar refractivity (Wildman–Crippen MR) is 154 cm³/mol.